The number of nitrogens with zero attached hydrogens (tertiary/aromatic N) is 1. The van der Waals surface area contributed by atoms with Gasteiger partial charge in [-0.15, -0.1) is 0 Å². The summed E-state index contributed by atoms with van der Waals surface area (Å²) in [5.74, 6) is 0.637. The minimum absolute atomic E-state index is 0.129. The summed E-state index contributed by atoms with van der Waals surface area (Å²) in [4.78, 5) is 14.0. The van der Waals surface area contributed by atoms with Gasteiger partial charge in [0.25, 0.3) is 0 Å². The lowest BCUT2D eigenvalue weighted by atomic mass is 9.98. The van der Waals surface area contributed by atoms with Crippen molar-refractivity contribution in [3.05, 3.63) is 34.9 Å². The van der Waals surface area contributed by atoms with Crippen molar-refractivity contribution in [1.29, 1.82) is 0 Å². The van der Waals surface area contributed by atoms with Crippen molar-refractivity contribution in [1.82, 2.24) is 10.2 Å². The molecule has 1 amide bonds. The Morgan fingerprint density at radius 2 is 1.62 bits per heavy atom. The summed E-state index contributed by atoms with van der Waals surface area (Å²) in [5, 5.41) is 3.51. The first-order chi connectivity index (χ1) is 9.70. The molecule has 2 unspecified atom stereocenters. The van der Waals surface area contributed by atoms with E-state index in [9.17, 15) is 4.79 Å². The fraction of sp³-hybridized carbons (Fsp3) is 0.611. The quantitative estimate of drug-likeness (QED) is 0.870. The highest BCUT2D eigenvalue weighted by Crippen LogP contribution is 2.19. The molecule has 0 spiro atoms. The van der Waals surface area contributed by atoms with Crippen LogP contribution in [-0.2, 0) is 4.79 Å². The Kier molecular flexibility index (Phi) is 6.41. The molecule has 0 bridgehead atoms. The summed E-state index contributed by atoms with van der Waals surface area (Å²) in [6.07, 6.45) is 0.853. The zero-order valence-electron chi connectivity index (χ0n) is 14.5. The molecule has 2 atom stereocenters. The van der Waals surface area contributed by atoms with E-state index >= 15 is 0 Å². The van der Waals surface area contributed by atoms with Crippen molar-refractivity contribution >= 4 is 5.91 Å². The van der Waals surface area contributed by atoms with Gasteiger partial charge in [0, 0.05) is 20.1 Å². The van der Waals surface area contributed by atoms with Crippen LogP contribution in [0.1, 0.15) is 49.9 Å². The van der Waals surface area contributed by atoms with E-state index < -0.39 is 0 Å². The molecule has 1 aromatic rings. The Morgan fingerprint density at radius 1 is 1.10 bits per heavy atom. The lowest BCUT2D eigenvalue weighted by molar-refractivity contribution is -0.131. The summed E-state index contributed by atoms with van der Waals surface area (Å²) in [5.41, 5.74) is 3.77. The number of carbonyl (C=O) groups is 1. The Balaban J connectivity index is 2.88. The van der Waals surface area contributed by atoms with Gasteiger partial charge >= 0.3 is 0 Å². The number of likely N-dealkylation sites (N-methyl/N-ethyl adjacent to an activating group) is 1. The van der Waals surface area contributed by atoms with Crippen LogP contribution in [0.25, 0.3) is 0 Å². The van der Waals surface area contributed by atoms with E-state index in [1.165, 1.54) is 16.7 Å². The first-order valence-electron chi connectivity index (χ1n) is 7.76. The van der Waals surface area contributed by atoms with Crippen LogP contribution in [0.5, 0.6) is 0 Å². The fourth-order valence-electron chi connectivity index (χ4n) is 2.68. The maximum atomic E-state index is 12.3. The van der Waals surface area contributed by atoms with Crippen LogP contribution < -0.4 is 5.32 Å². The van der Waals surface area contributed by atoms with Gasteiger partial charge in [0.15, 0.2) is 0 Å². The van der Waals surface area contributed by atoms with Crippen LogP contribution in [0.15, 0.2) is 18.2 Å². The van der Waals surface area contributed by atoms with Gasteiger partial charge in [0.1, 0.15) is 0 Å². The van der Waals surface area contributed by atoms with Crippen molar-refractivity contribution < 1.29 is 4.79 Å². The molecule has 1 N–H and O–H groups in total. The standard InChI is InChI=1S/C18H30N2O/c1-12(2)8-17(18(21)20(6)7)19-15(5)16-10-13(3)9-14(4)11-16/h9-12,15,17,19H,8H2,1-7H3. The minimum Gasteiger partial charge on any atom is -0.347 e. The predicted molar refractivity (Wildman–Crippen MR) is 89.4 cm³/mol. The number of rotatable bonds is 6. The lowest BCUT2D eigenvalue weighted by Gasteiger charge is -2.27. The number of benzene rings is 1. The molecule has 3 heteroatoms. The van der Waals surface area contributed by atoms with E-state index in [1.807, 2.05) is 14.1 Å². The molecule has 1 aromatic carbocycles. The third-order valence-corrected chi connectivity index (χ3v) is 3.64. The maximum absolute atomic E-state index is 12.3. The first-order valence-corrected chi connectivity index (χ1v) is 7.76. The third-order valence-electron chi connectivity index (χ3n) is 3.64. The Morgan fingerprint density at radius 3 is 2.05 bits per heavy atom. The largest absolute Gasteiger partial charge is 0.347 e. The average Bonchev–Trinajstić information content (AvgIpc) is 2.35. The van der Waals surface area contributed by atoms with Crippen molar-refractivity contribution in [2.24, 2.45) is 5.92 Å². The van der Waals surface area contributed by atoms with Crippen molar-refractivity contribution in [3.8, 4) is 0 Å². The van der Waals surface area contributed by atoms with Crippen molar-refractivity contribution in [2.45, 2.75) is 53.1 Å². The lowest BCUT2D eigenvalue weighted by Crippen LogP contribution is -2.45. The molecule has 0 aromatic heterocycles. The van der Waals surface area contributed by atoms with Gasteiger partial charge in [-0.25, -0.2) is 0 Å². The first kappa shape index (κ1) is 17.7. The molecule has 118 valence electrons. The molecule has 0 radical (unpaired) electrons. The summed E-state index contributed by atoms with van der Waals surface area (Å²) in [7, 11) is 3.64. The molecule has 21 heavy (non-hydrogen) atoms. The van der Waals surface area contributed by atoms with E-state index in [4.69, 9.17) is 0 Å². The van der Waals surface area contributed by atoms with E-state index in [1.54, 1.807) is 4.90 Å². The van der Waals surface area contributed by atoms with Gasteiger partial charge in [-0.1, -0.05) is 43.2 Å². The fourth-order valence-corrected chi connectivity index (χ4v) is 2.68. The second-order valence-corrected chi connectivity index (χ2v) is 6.72. The van der Waals surface area contributed by atoms with Gasteiger partial charge in [0.2, 0.25) is 5.91 Å². The van der Waals surface area contributed by atoms with Crippen LogP contribution in [0.3, 0.4) is 0 Å². The molecule has 3 nitrogen and oxygen atoms in total. The molecule has 1 rings (SSSR count). The summed E-state index contributed by atoms with van der Waals surface area (Å²) in [6.45, 7) is 10.7. The third kappa shape index (κ3) is 5.50. The Bertz CT molecular complexity index is 460. The summed E-state index contributed by atoms with van der Waals surface area (Å²) in [6, 6.07) is 6.59. The second kappa shape index (κ2) is 7.60. The molecule has 0 fully saturated rings. The van der Waals surface area contributed by atoms with Crippen LogP contribution in [0, 0.1) is 19.8 Å². The van der Waals surface area contributed by atoms with Gasteiger partial charge in [-0.3, -0.25) is 10.1 Å². The molecule has 0 aliphatic rings. The van der Waals surface area contributed by atoms with E-state index in [2.05, 4.69) is 58.1 Å². The van der Waals surface area contributed by atoms with Crippen molar-refractivity contribution in [3.63, 3.8) is 0 Å². The number of hydrogen-bond acceptors (Lipinski definition) is 2. The van der Waals surface area contributed by atoms with E-state index in [0.29, 0.717) is 5.92 Å². The number of amides is 1. The Labute approximate surface area is 129 Å². The zero-order chi connectivity index (χ0) is 16.2. The highest BCUT2D eigenvalue weighted by Gasteiger charge is 2.23. The minimum atomic E-state index is -0.129. The summed E-state index contributed by atoms with van der Waals surface area (Å²) >= 11 is 0. The topological polar surface area (TPSA) is 32.3 Å². The molecule has 0 saturated heterocycles. The highest BCUT2D eigenvalue weighted by molar-refractivity contribution is 5.81. The molecule has 0 heterocycles. The van der Waals surface area contributed by atoms with Gasteiger partial charge in [0.05, 0.1) is 6.04 Å². The van der Waals surface area contributed by atoms with E-state index in [0.717, 1.165) is 6.42 Å². The number of hydrogen-bond donors (Lipinski definition) is 1. The smallest absolute Gasteiger partial charge is 0.239 e. The molecule has 0 aliphatic heterocycles. The average molecular weight is 290 g/mol. The highest BCUT2D eigenvalue weighted by atomic mass is 16.2. The number of aryl methyl sites for hydroxylation is 2. The molecular weight excluding hydrogens is 260 g/mol. The Hall–Kier alpha value is -1.35. The van der Waals surface area contributed by atoms with Gasteiger partial charge in [-0.05, 0) is 38.7 Å². The molecule has 0 saturated carbocycles. The van der Waals surface area contributed by atoms with E-state index in [-0.39, 0.29) is 18.0 Å². The number of nitrogens with one attached hydrogen (secondary N) is 1. The molecular formula is C18H30N2O. The zero-order valence-corrected chi connectivity index (χ0v) is 14.5. The summed E-state index contributed by atoms with van der Waals surface area (Å²) < 4.78 is 0. The monoisotopic (exact) mass is 290 g/mol. The van der Waals surface area contributed by atoms with Crippen LogP contribution in [0.4, 0.5) is 0 Å². The maximum Gasteiger partial charge on any atom is 0.239 e. The number of carbonyl (C=O) groups excluding carboxylic acids is 1. The van der Waals surface area contributed by atoms with Crippen LogP contribution >= 0.6 is 0 Å². The van der Waals surface area contributed by atoms with Gasteiger partial charge < -0.3 is 4.90 Å². The second-order valence-electron chi connectivity index (χ2n) is 6.72. The molecule has 0 aliphatic carbocycles. The van der Waals surface area contributed by atoms with Crippen LogP contribution in [0.2, 0.25) is 0 Å². The van der Waals surface area contributed by atoms with Gasteiger partial charge in [-0.2, -0.15) is 0 Å². The SMILES string of the molecule is Cc1cc(C)cc(C(C)NC(CC(C)C)C(=O)N(C)C)c1. The van der Waals surface area contributed by atoms with Crippen molar-refractivity contribution in [2.75, 3.05) is 14.1 Å². The van der Waals surface area contributed by atoms with Crippen LogP contribution in [-0.4, -0.2) is 30.9 Å². The predicted octanol–water partition coefficient (Wildman–Crippen LogP) is 3.46. The normalized spacial score (nSPS) is 14.1.